The van der Waals surface area contributed by atoms with E-state index >= 15 is 0 Å². The molecule has 1 amide bonds. The first-order valence-corrected chi connectivity index (χ1v) is 8.08. The Bertz CT molecular complexity index is 728. The van der Waals surface area contributed by atoms with E-state index in [1.54, 1.807) is 0 Å². The third kappa shape index (κ3) is 2.77. The van der Waals surface area contributed by atoms with Gasteiger partial charge in [0.05, 0.1) is 6.04 Å². The SMILES string of the molecule is O=C(N[C@H]1CCCc2ccccc21)[C@H]1COc2ccccc2O1. The average Bonchev–Trinajstić information content (AvgIpc) is 2.61. The minimum atomic E-state index is -0.598. The molecule has 4 rings (SSSR count). The second-order valence-corrected chi connectivity index (χ2v) is 6.02. The van der Waals surface area contributed by atoms with Gasteiger partial charge in [0.1, 0.15) is 6.61 Å². The fraction of sp³-hybridized carbons (Fsp3) is 0.316. The summed E-state index contributed by atoms with van der Waals surface area (Å²) in [6.07, 6.45) is 2.54. The van der Waals surface area contributed by atoms with Crippen molar-refractivity contribution in [3.05, 3.63) is 59.7 Å². The van der Waals surface area contributed by atoms with Gasteiger partial charge in [0.25, 0.3) is 5.91 Å². The van der Waals surface area contributed by atoms with Crippen molar-refractivity contribution in [3.8, 4) is 11.5 Å². The van der Waals surface area contributed by atoms with Crippen molar-refractivity contribution in [2.45, 2.75) is 31.4 Å². The summed E-state index contributed by atoms with van der Waals surface area (Å²) < 4.78 is 11.4. The van der Waals surface area contributed by atoms with Gasteiger partial charge in [-0.05, 0) is 42.5 Å². The molecule has 0 saturated carbocycles. The molecule has 0 spiro atoms. The summed E-state index contributed by atoms with van der Waals surface area (Å²) in [6.45, 7) is 0.247. The highest BCUT2D eigenvalue weighted by atomic mass is 16.6. The molecule has 118 valence electrons. The predicted molar refractivity (Wildman–Crippen MR) is 86.6 cm³/mol. The van der Waals surface area contributed by atoms with Crippen LogP contribution in [0.25, 0.3) is 0 Å². The first-order valence-electron chi connectivity index (χ1n) is 8.08. The molecule has 0 fully saturated rings. The van der Waals surface area contributed by atoms with Gasteiger partial charge in [0.2, 0.25) is 6.10 Å². The number of hydrogen-bond acceptors (Lipinski definition) is 3. The number of carbonyl (C=O) groups is 1. The predicted octanol–water partition coefficient (Wildman–Crippen LogP) is 3.02. The van der Waals surface area contributed by atoms with E-state index in [1.807, 2.05) is 30.3 Å². The van der Waals surface area contributed by atoms with Crippen LogP contribution in [0.4, 0.5) is 0 Å². The molecule has 0 bridgehead atoms. The lowest BCUT2D eigenvalue weighted by molar-refractivity contribution is -0.131. The first kappa shape index (κ1) is 14.1. The maximum Gasteiger partial charge on any atom is 0.265 e. The molecule has 1 aliphatic carbocycles. The van der Waals surface area contributed by atoms with Crippen molar-refractivity contribution in [1.29, 1.82) is 0 Å². The van der Waals surface area contributed by atoms with Crippen LogP contribution < -0.4 is 14.8 Å². The number of aryl methyl sites for hydroxylation is 1. The third-order valence-electron chi connectivity index (χ3n) is 4.49. The van der Waals surface area contributed by atoms with Gasteiger partial charge in [-0.3, -0.25) is 4.79 Å². The molecule has 0 saturated heterocycles. The summed E-state index contributed by atoms with van der Waals surface area (Å²) in [6, 6.07) is 15.8. The summed E-state index contributed by atoms with van der Waals surface area (Å²) in [5, 5.41) is 3.13. The molecule has 2 aliphatic rings. The lowest BCUT2D eigenvalue weighted by atomic mass is 9.87. The normalized spacial score (nSPS) is 22.1. The van der Waals surface area contributed by atoms with Gasteiger partial charge in [0.15, 0.2) is 11.5 Å². The van der Waals surface area contributed by atoms with E-state index < -0.39 is 6.10 Å². The number of rotatable bonds is 2. The van der Waals surface area contributed by atoms with Crippen molar-refractivity contribution < 1.29 is 14.3 Å². The van der Waals surface area contributed by atoms with Crippen LogP contribution in [-0.2, 0) is 11.2 Å². The molecular formula is C19H19NO3. The molecule has 2 aromatic carbocycles. The van der Waals surface area contributed by atoms with Crippen molar-refractivity contribution in [2.24, 2.45) is 0 Å². The lowest BCUT2D eigenvalue weighted by Crippen LogP contribution is -2.45. The Hall–Kier alpha value is -2.49. The molecule has 1 heterocycles. The van der Waals surface area contributed by atoms with E-state index in [9.17, 15) is 4.79 Å². The second kappa shape index (κ2) is 5.95. The topological polar surface area (TPSA) is 47.6 Å². The van der Waals surface area contributed by atoms with Gasteiger partial charge in [-0.15, -0.1) is 0 Å². The Balaban J connectivity index is 1.47. The Labute approximate surface area is 135 Å². The molecule has 23 heavy (non-hydrogen) atoms. The summed E-state index contributed by atoms with van der Waals surface area (Å²) in [4.78, 5) is 12.6. The van der Waals surface area contributed by atoms with Gasteiger partial charge >= 0.3 is 0 Å². The van der Waals surface area contributed by atoms with Crippen LogP contribution in [0.15, 0.2) is 48.5 Å². The number of ether oxygens (including phenoxy) is 2. The number of hydrogen-bond donors (Lipinski definition) is 1. The molecule has 2 aromatic rings. The highest BCUT2D eigenvalue weighted by Gasteiger charge is 2.30. The molecule has 1 aliphatic heterocycles. The summed E-state index contributed by atoms with van der Waals surface area (Å²) in [5.41, 5.74) is 2.56. The molecule has 2 atom stereocenters. The Morgan fingerprint density at radius 1 is 1.04 bits per heavy atom. The van der Waals surface area contributed by atoms with E-state index in [4.69, 9.17) is 9.47 Å². The van der Waals surface area contributed by atoms with Crippen LogP contribution in [-0.4, -0.2) is 18.6 Å². The van der Waals surface area contributed by atoms with E-state index in [2.05, 4.69) is 23.5 Å². The standard InChI is InChI=1S/C19H19NO3/c21-19(18-12-22-16-10-3-4-11-17(16)23-18)20-15-9-5-7-13-6-1-2-8-14(13)15/h1-4,6,8,10-11,15,18H,5,7,9,12H2,(H,20,21)/t15-,18+/m0/s1. The van der Waals surface area contributed by atoms with Crippen LogP contribution in [0, 0.1) is 0 Å². The van der Waals surface area contributed by atoms with Crippen molar-refractivity contribution in [1.82, 2.24) is 5.32 Å². The number of carbonyl (C=O) groups excluding carboxylic acids is 1. The van der Waals surface area contributed by atoms with Crippen molar-refractivity contribution in [2.75, 3.05) is 6.61 Å². The van der Waals surface area contributed by atoms with E-state index in [0.717, 1.165) is 19.3 Å². The molecule has 4 heteroatoms. The zero-order valence-corrected chi connectivity index (χ0v) is 12.8. The molecule has 4 nitrogen and oxygen atoms in total. The second-order valence-electron chi connectivity index (χ2n) is 6.02. The summed E-state index contributed by atoms with van der Waals surface area (Å²) >= 11 is 0. The highest BCUT2D eigenvalue weighted by molar-refractivity contribution is 5.82. The number of nitrogens with one attached hydrogen (secondary N) is 1. The number of benzene rings is 2. The van der Waals surface area contributed by atoms with Crippen molar-refractivity contribution in [3.63, 3.8) is 0 Å². The van der Waals surface area contributed by atoms with E-state index in [1.165, 1.54) is 11.1 Å². The number of para-hydroxylation sites is 2. The van der Waals surface area contributed by atoms with Crippen LogP contribution >= 0.6 is 0 Å². The first-order chi connectivity index (χ1) is 11.3. The van der Waals surface area contributed by atoms with Gasteiger partial charge in [-0.25, -0.2) is 0 Å². The molecule has 1 N–H and O–H groups in total. The largest absolute Gasteiger partial charge is 0.485 e. The minimum Gasteiger partial charge on any atom is -0.485 e. The van der Waals surface area contributed by atoms with E-state index in [-0.39, 0.29) is 18.6 Å². The summed E-state index contributed by atoms with van der Waals surface area (Å²) in [5.74, 6) is 1.21. The monoisotopic (exact) mass is 309 g/mol. The molecule has 0 radical (unpaired) electrons. The smallest absolute Gasteiger partial charge is 0.265 e. The Morgan fingerprint density at radius 2 is 1.83 bits per heavy atom. The number of fused-ring (bicyclic) bond motifs is 2. The lowest BCUT2D eigenvalue weighted by Gasteiger charge is -2.30. The Kier molecular flexibility index (Phi) is 3.66. The molecule has 0 aromatic heterocycles. The van der Waals surface area contributed by atoms with E-state index in [0.29, 0.717) is 11.5 Å². The Morgan fingerprint density at radius 3 is 2.74 bits per heavy atom. The number of amides is 1. The highest BCUT2D eigenvalue weighted by Crippen LogP contribution is 2.32. The van der Waals surface area contributed by atoms with Crippen LogP contribution in [0.2, 0.25) is 0 Å². The molecule has 0 unspecified atom stereocenters. The zero-order chi connectivity index (χ0) is 15.6. The fourth-order valence-electron chi connectivity index (χ4n) is 3.32. The third-order valence-corrected chi connectivity index (χ3v) is 4.49. The maximum atomic E-state index is 12.6. The van der Waals surface area contributed by atoms with Crippen molar-refractivity contribution >= 4 is 5.91 Å². The van der Waals surface area contributed by atoms with Gasteiger partial charge in [-0.1, -0.05) is 36.4 Å². The van der Waals surface area contributed by atoms with Gasteiger partial charge < -0.3 is 14.8 Å². The van der Waals surface area contributed by atoms with Crippen LogP contribution in [0.5, 0.6) is 11.5 Å². The quantitative estimate of drug-likeness (QED) is 0.927. The minimum absolute atomic E-state index is 0.0632. The fourth-order valence-corrected chi connectivity index (χ4v) is 3.32. The summed E-state index contributed by atoms with van der Waals surface area (Å²) in [7, 11) is 0. The zero-order valence-electron chi connectivity index (χ0n) is 12.8. The van der Waals surface area contributed by atoms with Crippen LogP contribution in [0.3, 0.4) is 0 Å². The van der Waals surface area contributed by atoms with Gasteiger partial charge in [-0.2, -0.15) is 0 Å². The molecular weight excluding hydrogens is 290 g/mol. The maximum absolute atomic E-state index is 12.6. The van der Waals surface area contributed by atoms with Gasteiger partial charge in [0, 0.05) is 0 Å². The van der Waals surface area contributed by atoms with Crippen LogP contribution in [0.1, 0.15) is 30.0 Å². The average molecular weight is 309 g/mol.